The molecule has 3 rings (SSSR count). The Morgan fingerprint density at radius 1 is 1.00 bits per heavy atom. The minimum absolute atomic E-state index is 0.117. The van der Waals surface area contributed by atoms with Crippen molar-refractivity contribution in [3.8, 4) is 11.5 Å². The van der Waals surface area contributed by atoms with Crippen LogP contribution in [0.3, 0.4) is 0 Å². The lowest BCUT2D eigenvalue weighted by Gasteiger charge is -2.42. The molecule has 26 heavy (non-hydrogen) atoms. The smallest absolute Gasteiger partial charge is 0.227 e. The molecule has 1 fully saturated rings. The van der Waals surface area contributed by atoms with E-state index in [2.05, 4.69) is 0 Å². The topological polar surface area (TPSA) is 78.9 Å². The zero-order valence-corrected chi connectivity index (χ0v) is 14.7. The second kappa shape index (κ2) is 7.47. The van der Waals surface area contributed by atoms with Gasteiger partial charge < -0.3 is 24.3 Å². The van der Waals surface area contributed by atoms with Crippen molar-refractivity contribution >= 4 is 17.6 Å². The summed E-state index contributed by atoms with van der Waals surface area (Å²) < 4.78 is 10.3. The fourth-order valence-corrected chi connectivity index (χ4v) is 3.37. The predicted octanol–water partition coefficient (Wildman–Crippen LogP) is 1.94. The fourth-order valence-electron chi connectivity index (χ4n) is 3.37. The van der Waals surface area contributed by atoms with Crippen LogP contribution in [0.15, 0.2) is 48.5 Å². The van der Waals surface area contributed by atoms with E-state index >= 15 is 0 Å². The van der Waals surface area contributed by atoms with E-state index in [0.717, 1.165) is 5.56 Å². The number of anilines is 1. The van der Waals surface area contributed by atoms with Crippen molar-refractivity contribution in [3.63, 3.8) is 0 Å². The average molecular weight is 354 g/mol. The number of methoxy groups -OCH3 is 2. The molecule has 136 valence electrons. The van der Waals surface area contributed by atoms with Gasteiger partial charge in [-0.15, -0.1) is 0 Å². The number of carbonyl (C=O) groups excluding carboxylic acids is 2. The lowest BCUT2D eigenvalue weighted by Crippen LogP contribution is -2.49. The maximum atomic E-state index is 12.7. The molecule has 1 saturated heterocycles. The number of benzene rings is 2. The van der Waals surface area contributed by atoms with Crippen LogP contribution in [-0.2, 0) is 9.59 Å². The quantitative estimate of drug-likeness (QED) is 0.820. The van der Waals surface area contributed by atoms with E-state index < -0.39 is 17.9 Å². The molecule has 1 aliphatic heterocycles. The molecule has 6 heteroatoms. The summed E-state index contributed by atoms with van der Waals surface area (Å²) in [5.41, 5.74) is 1.35. The number of ether oxygens (including phenoxy) is 2. The molecule has 0 spiro atoms. The highest BCUT2D eigenvalue weighted by atomic mass is 16.5. The molecule has 0 aliphatic carbocycles. The second-order valence-electron chi connectivity index (χ2n) is 6.14. The number of hydrogen-bond acceptors (Lipinski definition) is 5. The molecular formula is C20H20NO5-. The van der Waals surface area contributed by atoms with Gasteiger partial charge in [-0.3, -0.25) is 4.79 Å². The van der Waals surface area contributed by atoms with Crippen LogP contribution in [0.25, 0.3) is 0 Å². The molecule has 2 aromatic carbocycles. The minimum atomic E-state index is -1.16. The van der Waals surface area contributed by atoms with Crippen LogP contribution in [-0.4, -0.2) is 26.1 Å². The van der Waals surface area contributed by atoms with E-state index in [1.807, 2.05) is 0 Å². The second-order valence-corrected chi connectivity index (χ2v) is 6.14. The first-order valence-corrected chi connectivity index (χ1v) is 8.36. The van der Waals surface area contributed by atoms with E-state index in [4.69, 9.17) is 9.47 Å². The number of carboxylic acid groups (broad SMARTS) is 1. The Bertz CT molecular complexity index is 785. The van der Waals surface area contributed by atoms with Gasteiger partial charge in [-0.2, -0.15) is 0 Å². The van der Waals surface area contributed by atoms with Gasteiger partial charge in [0.25, 0.3) is 0 Å². The first-order valence-electron chi connectivity index (χ1n) is 8.36. The highest BCUT2D eigenvalue weighted by Crippen LogP contribution is 2.40. The molecule has 0 saturated carbocycles. The molecule has 1 aliphatic rings. The SMILES string of the molecule is COc1ccc([C@@H]2[C@H](C(=O)[O-])CCC(=O)N2c2ccc(OC)cc2)cc1. The van der Waals surface area contributed by atoms with Crippen LogP contribution in [0.4, 0.5) is 5.69 Å². The Labute approximate surface area is 152 Å². The first kappa shape index (κ1) is 17.8. The zero-order chi connectivity index (χ0) is 18.7. The Balaban J connectivity index is 2.06. The standard InChI is InChI=1S/C20H21NO5/c1-25-15-7-3-13(4-8-15)19-17(20(23)24)11-12-18(22)21(19)14-5-9-16(26-2)10-6-14/h3-10,17,19H,11-12H2,1-2H3,(H,23,24)/p-1/t17-,19-/m1/s1. The largest absolute Gasteiger partial charge is 0.550 e. The van der Waals surface area contributed by atoms with E-state index in [9.17, 15) is 14.7 Å². The third-order valence-corrected chi connectivity index (χ3v) is 4.71. The van der Waals surface area contributed by atoms with Crippen molar-refractivity contribution in [2.24, 2.45) is 5.92 Å². The molecule has 2 atom stereocenters. The molecule has 0 bridgehead atoms. The molecular weight excluding hydrogens is 334 g/mol. The van der Waals surface area contributed by atoms with Gasteiger partial charge in [-0.05, 0) is 48.4 Å². The number of aliphatic carboxylic acids is 1. The van der Waals surface area contributed by atoms with Crippen LogP contribution in [0, 0.1) is 5.92 Å². The van der Waals surface area contributed by atoms with Crippen molar-refractivity contribution in [1.29, 1.82) is 0 Å². The van der Waals surface area contributed by atoms with Crippen LogP contribution in [0.2, 0.25) is 0 Å². The van der Waals surface area contributed by atoms with Crippen molar-refractivity contribution in [2.75, 3.05) is 19.1 Å². The van der Waals surface area contributed by atoms with Crippen LogP contribution in [0.5, 0.6) is 11.5 Å². The highest BCUT2D eigenvalue weighted by molar-refractivity contribution is 5.96. The Morgan fingerprint density at radius 3 is 2.04 bits per heavy atom. The summed E-state index contributed by atoms with van der Waals surface area (Å²) >= 11 is 0. The summed E-state index contributed by atoms with van der Waals surface area (Å²) in [5.74, 6) is -0.735. The van der Waals surface area contributed by atoms with Gasteiger partial charge in [0.2, 0.25) is 5.91 Å². The van der Waals surface area contributed by atoms with Gasteiger partial charge in [0.05, 0.1) is 20.3 Å². The molecule has 2 aromatic rings. The number of carbonyl (C=O) groups is 2. The monoisotopic (exact) mass is 354 g/mol. The number of carboxylic acids is 1. The van der Waals surface area contributed by atoms with Crippen molar-refractivity contribution in [2.45, 2.75) is 18.9 Å². The minimum Gasteiger partial charge on any atom is -0.550 e. The Hall–Kier alpha value is -3.02. The molecule has 0 radical (unpaired) electrons. The third-order valence-electron chi connectivity index (χ3n) is 4.71. The summed E-state index contributed by atoms with van der Waals surface area (Å²) in [4.78, 5) is 26.0. The van der Waals surface area contributed by atoms with Crippen LogP contribution >= 0.6 is 0 Å². The molecule has 6 nitrogen and oxygen atoms in total. The first-order chi connectivity index (χ1) is 12.5. The Morgan fingerprint density at radius 2 is 1.54 bits per heavy atom. The fraction of sp³-hybridized carbons (Fsp3) is 0.300. The summed E-state index contributed by atoms with van der Waals surface area (Å²) in [6.45, 7) is 0. The highest BCUT2D eigenvalue weighted by Gasteiger charge is 2.38. The number of rotatable bonds is 5. The lowest BCUT2D eigenvalue weighted by atomic mass is 9.84. The lowest BCUT2D eigenvalue weighted by molar-refractivity contribution is -0.312. The molecule has 0 N–H and O–H groups in total. The van der Waals surface area contributed by atoms with Gasteiger partial charge in [0.1, 0.15) is 11.5 Å². The van der Waals surface area contributed by atoms with Crippen LogP contribution < -0.4 is 19.5 Å². The normalized spacial score (nSPS) is 19.9. The van der Waals surface area contributed by atoms with E-state index in [0.29, 0.717) is 17.2 Å². The summed E-state index contributed by atoms with van der Waals surface area (Å²) in [6, 6.07) is 13.5. The number of hydrogen-bond donors (Lipinski definition) is 0. The van der Waals surface area contributed by atoms with E-state index in [1.165, 1.54) is 0 Å². The summed E-state index contributed by atoms with van der Waals surface area (Å²) in [6.07, 6.45) is 0.418. The van der Waals surface area contributed by atoms with E-state index in [1.54, 1.807) is 67.7 Å². The molecule has 0 aromatic heterocycles. The number of amides is 1. The van der Waals surface area contributed by atoms with Crippen molar-refractivity contribution in [1.82, 2.24) is 0 Å². The summed E-state index contributed by atoms with van der Waals surface area (Å²) in [7, 11) is 3.13. The van der Waals surface area contributed by atoms with Gasteiger partial charge >= 0.3 is 0 Å². The number of nitrogens with zero attached hydrogens (tertiary/aromatic N) is 1. The number of piperidine rings is 1. The van der Waals surface area contributed by atoms with Gasteiger partial charge in [0.15, 0.2) is 0 Å². The molecule has 0 unspecified atom stereocenters. The molecule has 1 amide bonds. The zero-order valence-electron chi connectivity index (χ0n) is 14.7. The van der Waals surface area contributed by atoms with Gasteiger partial charge in [-0.1, -0.05) is 12.1 Å². The maximum absolute atomic E-state index is 12.7. The Kier molecular flexibility index (Phi) is 5.11. The van der Waals surface area contributed by atoms with E-state index in [-0.39, 0.29) is 18.7 Å². The van der Waals surface area contributed by atoms with Crippen LogP contribution in [0.1, 0.15) is 24.4 Å². The van der Waals surface area contributed by atoms with Gasteiger partial charge in [0, 0.05) is 24.0 Å². The van der Waals surface area contributed by atoms with Gasteiger partial charge in [-0.25, -0.2) is 0 Å². The molecule has 1 heterocycles. The van der Waals surface area contributed by atoms with Crippen molar-refractivity contribution < 1.29 is 24.2 Å². The average Bonchev–Trinajstić information content (AvgIpc) is 2.67. The van der Waals surface area contributed by atoms with Crippen molar-refractivity contribution in [3.05, 3.63) is 54.1 Å². The third kappa shape index (κ3) is 3.35. The maximum Gasteiger partial charge on any atom is 0.227 e. The predicted molar refractivity (Wildman–Crippen MR) is 93.9 cm³/mol. The summed E-state index contributed by atoms with van der Waals surface area (Å²) in [5, 5.41) is 11.8.